The molecule has 2 aliphatic rings. The zero-order valence-corrected chi connectivity index (χ0v) is 18.7. The molecule has 5 rings (SSSR count). The molecule has 0 spiro atoms. The summed E-state index contributed by atoms with van der Waals surface area (Å²) in [5.41, 5.74) is 2.00. The number of nitrogens with zero attached hydrogens (tertiary/aromatic N) is 5. The van der Waals surface area contributed by atoms with Crippen molar-refractivity contribution in [3.05, 3.63) is 65.4 Å². The first-order chi connectivity index (χ1) is 16.2. The number of anilines is 1. The SMILES string of the molecule is Cc1cnc(C(=O)N2[C@@H]3CC[C@H]2[C@H](Nc2ccc(C(F)(F)F)cn2)C3)c(-c2ncccn2)c1C. The van der Waals surface area contributed by atoms with Gasteiger partial charge in [-0.05, 0) is 62.4 Å². The Morgan fingerprint density at radius 1 is 1.06 bits per heavy atom. The summed E-state index contributed by atoms with van der Waals surface area (Å²) in [5.74, 6) is 0.637. The lowest BCUT2D eigenvalue weighted by molar-refractivity contribution is -0.137. The number of carbonyl (C=O) groups excluding carboxylic acids is 1. The fraction of sp³-hybridized carbons (Fsp3) is 0.375. The molecule has 0 aliphatic carbocycles. The number of amides is 1. The van der Waals surface area contributed by atoms with E-state index in [1.54, 1.807) is 24.7 Å². The van der Waals surface area contributed by atoms with Gasteiger partial charge in [0.2, 0.25) is 0 Å². The number of fused-ring (bicyclic) bond motifs is 2. The van der Waals surface area contributed by atoms with Gasteiger partial charge in [-0.1, -0.05) is 0 Å². The molecule has 7 nitrogen and oxygen atoms in total. The summed E-state index contributed by atoms with van der Waals surface area (Å²) in [6.45, 7) is 3.86. The number of aryl methyl sites for hydroxylation is 1. The fourth-order valence-corrected chi connectivity index (χ4v) is 4.98. The molecule has 2 bridgehead atoms. The van der Waals surface area contributed by atoms with Crippen LogP contribution in [0.4, 0.5) is 19.0 Å². The lowest BCUT2D eigenvalue weighted by atomic mass is 9.95. The highest BCUT2D eigenvalue weighted by Gasteiger charge is 2.49. The van der Waals surface area contributed by atoms with E-state index < -0.39 is 11.7 Å². The number of hydrogen-bond donors (Lipinski definition) is 1. The smallest absolute Gasteiger partial charge is 0.365 e. The largest absolute Gasteiger partial charge is 0.417 e. The highest BCUT2D eigenvalue weighted by Crippen LogP contribution is 2.41. The molecular weight excluding hydrogens is 445 g/mol. The van der Waals surface area contributed by atoms with Gasteiger partial charge in [-0.2, -0.15) is 13.2 Å². The van der Waals surface area contributed by atoms with Crippen LogP contribution < -0.4 is 5.32 Å². The number of nitrogens with one attached hydrogen (secondary N) is 1. The van der Waals surface area contributed by atoms with Gasteiger partial charge in [0.15, 0.2) is 5.82 Å². The van der Waals surface area contributed by atoms with Crippen molar-refractivity contribution in [3.63, 3.8) is 0 Å². The summed E-state index contributed by atoms with van der Waals surface area (Å²) >= 11 is 0. The minimum Gasteiger partial charge on any atom is -0.365 e. The van der Waals surface area contributed by atoms with Crippen molar-refractivity contribution < 1.29 is 18.0 Å². The predicted molar refractivity (Wildman–Crippen MR) is 119 cm³/mol. The number of rotatable bonds is 4. The van der Waals surface area contributed by atoms with Crippen LogP contribution in [-0.4, -0.2) is 48.9 Å². The first-order valence-corrected chi connectivity index (χ1v) is 11.1. The van der Waals surface area contributed by atoms with Crippen LogP contribution in [0.25, 0.3) is 11.4 Å². The molecule has 3 atom stereocenters. The number of alkyl halides is 3. The molecule has 34 heavy (non-hydrogen) atoms. The Balaban J connectivity index is 1.41. The maximum atomic E-state index is 13.8. The van der Waals surface area contributed by atoms with Crippen LogP contribution in [0.2, 0.25) is 0 Å². The van der Waals surface area contributed by atoms with Crippen molar-refractivity contribution >= 4 is 11.7 Å². The Bertz CT molecular complexity index is 1220. The van der Waals surface area contributed by atoms with E-state index in [9.17, 15) is 18.0 Å². The van der Waals surface area contributed by atoms with E-state index in [1.165, 1.54) is 6.07 Å². The summed E-state index contributed by atoms with van der Waals surface area (Å²) in [7, 11) is 0. The molecule has 1 N–H and O–H groups in total. The monoisotopic (exact) mass is 468 g/mol. The van der Waals surface area contributed by atoms with E-state index >= 15 is 0 Å². The minimum absolute atomic E-state index is 0.0254. The Kier molecular flexibility index (Phi) is 5.45. The Labute approximate surface area is 194 Å². The summed E-state index contributed by atoms with van der Waals surface area (Å²) < 4.78 is 38.5. The predicted octanol–water partition coefficient (Wildman–Crippen LogP) is 4.43. The zero-order valence-electron chi connectivity index (χ0n) is 18.7. The minimum atomic E-state index is -4.43. The molecule has 0 saturated carbocycles. The van der Waals surface area contributed by atoms with Crippen molar-refractivity contribution in [1.29, 1.82) is 0 Å². The third kappa shape index (κ3) is 3.86. The molecule has 0 unspecified atom stereocenters. The summed E-state index contributed by atoms with van der Waals surface area (Å²) in [6.07, 6.45) is 3.72. The summed E-state index contributed by atoms with van der Waals surface area (Å²) in [6, 6.07) is 3.88. The first-order valence-electron chi connectivity index (χ1n) is 11.1. The van der Waals surface area contributed by atoms with E-state index in [4.69, 9.17) is 0 Å². The topological polar surface area (TPSA) is 83.9 Å². The van der Waals surface area contributed by atoms with E-state index in [0.29, 0.717) is 29.3 Å². The quantitative estimate of drug-likeness (QED) is 0.610. The second kappa shape index (κ2) is 8.34. The van der Waals surface area contributed by atoms with Crippen LogP contribution in [0, 0.1) is 13.8 Å². The van der Waals surface area contributed by atoms with E-state index in [0.717, 1.165) is 36.2 Å². The fourth-order valence-electron chi connectivity index (χ4n) is 4.98. The van der Waals surface area contributed by atoms with Gasteiger partial charge in [0.1, 0.15) is 11.5 Å². The maximum Gasteiger partial charge on any atom is 0.417 e. The molecule has 5 heterocycles. The molecule has 1 amide bonds. The summed E-state index contributed by atoms with van der Waals surface area (Å²) in [5, 5.41) is 3.24. The average molecular weight is 468 g/mol. The normalized spacial score (nSPS) is 21.7. The average Bonchev–Trinajstić information content (AvgIpc) is 3.38. The molecule has 0 radical (unpaired) electrons. The van der Waals surface area contributed by atoms with Gasteiger partial charge in [-0.15, -0.1) is 0 Å². The third-order valence-corrected chi connectivity index (χ3v) is 6.78. The Morgan fingerprint density at radius 3 is 2.50 bits per heavy atom. The van der Waals surface area contributed by atoms with Crippen LogP contribution in [-0.2, 0) is 6.18 Å². The van der Waals surface area contributed by atoms with Gasteiger partial charge < -0.3 is 10.2 Å². The maximum absolute atomic E-state index is 13.8. The van der Waals surface area contributed by atoms with E-state index in [1.807, 2.05) is 18.7 Å². The van der Waals surface area contributed by atoms with Crippen molar-refractivity contribution in [3.8, 4) is 11.4 Å². The van der Waals surface area contributed by atoms with Crippen molar-refractivity contribution in [2.75, 3.05) is 5.32 Å². The van der Waals surface area contributed by atoms with Crippen molar-refractivity contribution in [2.24, 2.45) is 0 Å². The van der Waals surface area contributed by atoms with E-state index in [2.05, 4.69) is 25.3 Å². The zero-order chi connectivity index (χ0) is 24.0. The molecular formula is C24H23F3N6O. The van der Waals surface area contributed by atoms with Gasteiger partial charge >= 0.3 is 6.18 Å². The summed E-state index contributed by atoms with van der Waals surface area (Å²) in [4.78, 5) is 32.7. The Hall–Kier alpha value is -3.56. The van der Waals surface area contributed by atoms with Crippen LogP contribution >= 0.6 is 0 Å². The van der Waals surface area contributed by atoms with Crippen LogP contribution in [0.15, 0.2) is 43.0 Å². The lowest BCUT2D eigenvalue weighted by Gasteiger charge is -2.26. The van der Waals surface area contributed by atoms with Crippen LogP contribution in [0.1, 0.15) is 46.4 Å². The lowest BCUT2D eigenvalue weighted by Crippen LogP contribution is -2.40. The molecule has 176 valence electrons. The van der Waals surface area contributed by atoms with E-state index in [-0.39, 0.29) is 24.0 Å². The number of hydrogen-bond acceptors (Lipinski definition) is 6. The number of halogens is 3. The van der Waals surface area contributed by atoms with Gasteiger partial charge in [0.05, 0.1) is 17.2 Å². The molecule has 10 heteroatoms. The highest BCUT2D eigenvalue weighted by molar-refractivity contribution is 5.99. The Morgan fingerprint density at radius 2 is 1.82 bits per heavy atom. The molecule has 2 fully saturated rings. The second-order valence-electron chi connectivity index (χ2n) is 8.79. The van der Waals surface area contributed by atoms with Gasteiger partial charge in [-0.3, -0.25) is 9.78 Å². The molecule has 2 aliphatic heterocycles. The number of pyridine rings is 2. The van der Waals surface area contributed by atoms with Gasteiger partial charge in [-0.25, -0.2) is 15.0 Å². The highest BCUT2D eigenvalue weighted by atomic mass is 19.4. The third-order valence-electron chi connectivity index (χ3n) is 6.78. The van der Waals surface area contributed by atoms with Crippen LogP contribution in [0.3, 0.4) is 0 Å². The molecule has 0 aromatic carbocycles. The van der Waals surface area contributed by atoms with Gasteiger partial charge in [0, 0.05) is 36.9 Å². The second-order valence-corrected chi connectivity index (χ2v) is 8.79. The van der Waals surface area contributed by atoms with Gasteiger partial charge in [0.25, 0.3) is 5.91 Å². The van der Waals surface area contributed by atoms with Crippen molar-refractivity contribution in [2.45, 2.75) is 57.4 Å². The number of aromatic nitrogens is 4. The molecule has 3 aromatic heterocycles. The first kappa shape index (κ1) is 22.2. The number of carbonyl (C=O) groups is 1. The molecule has 2 saturated heterocycles. The van der Waals surface area contributed by atoms with Crippen LogP contribution in [0.5, 0.6) is 0 Å². The molecule has 3 aromatic rings. The standard InChI is InChI=1S/C24H23F3N6O/c1-13-11-31-21(20(14(13)2)22-28-8-3-9-29-22)23(34)33-16-5-6-18(33)17(10-16)32-19-7-4-15(12-30-19)24(25,26)27/h3-4,7-9,11-12,16-18H,5-6,10H2,1-2H3,(H,30,32)/t16-,17-,18+/m1/s1. The van der Waals surface area contributed by atoms with Crippen molar-refractivity contribution in [1.82, 2.24) is 24.8 Å².